The lowest BCUT2D eigenvalue weighted by Gasteiger charge is -2.13. The van der Waals surface area contributed by atoms with E-state index in [9.17, 15) is 18.0 Å². The Kier molecular flexibility index (Phi) is 6.29. The maximum Gasteiger partial charge on any atom is 0.244 e. The third kappa shape index (κ3) is 5.44. The molecule has 0 saturated carbocycles. The zero-order chi connectivity index (χ0) is 20.8. The fourth-order valence-electron chi connectivity index (χ4n) is 2.60. The summed E-state index contributed by atoms with van der Waals surface area (Å²) >= 11 is 0. The van der Waals surface area contributed by atoms with Crippen LogP contribution >= 0.6 is 0 Å². The van der Waals surface area contributed by atoms with Gasteiger partial charge in [-0.15, -0.1) is 0 Å². The van der Waals surface area contributed by atoms with E-state index in [1.807, 2.05) is 0 Å². The first kappa shape index (κ1) is 20.1. The van der Waals surface area contributed by atoms with Crippen molar-refractivity contribution in [2.24, 2.45) is 0 Å². The highest BCUT2D eigenvalue weighted by atomic mass is 19.1. The minimum absolute atomic E-state index is 0.0278. The van der Waals surface area contributed by atoms with Crippen molar-refractivity contribution in [1.82, 2.24) is 10.3 Å². The van der Waals surface area contributed by atoms with Crippen molar-refractivity contribution < 1.29 is 22.7 Å². The highest BCUT2D eigenvalue weighted by molar-refractivity contribution is 5.92. The Labute approximate surface area is 165 Å². The lowest BCUT2D eigenvalue weighted by Crippen LogP contribution is -2.25. The first-order valence-electron chi connectivity index (χ1n) is 8.73. The van der Waals surface area contributed by atoms with Gasteiger partial charge in [0.25, 0.3) is 0 Å². The average molecular weight is 398 g/mol. The van der Waals surface area contributed by atoms with Gasteiger partial charge in [0.05, 0.1) is 12.2 Å². The number of hydrogen-bond donors (Lipinski definition) is 1. The van der Waals surface area contributed by atoms with Crippen LogP contribution in [-0.2, 0) is 4.79 Å². The zero-order valence-corrected chi connectivity index (χ0v) is 15.4. The van der Waals surface area contributed by atoms with E-state index in [0.717, 1.165) is 12.1 Å². The largest absolute Gasteiger partial charge is 0.453 e. The molecule has 0 aliphatic rings. The average Bonchev–Trinajstić information content (AvgIpc) is 2.69. The van der Waals surface area contributed by atoms with Crippen LogP contribution in [-0.4, -0.2) is 10.9 Å². The van der Waals surface area contributed by atoms with Gasteiger partial charge in [-0.3, -0.25) is 9.78 Å². The van der Waals surface area contributed by atoms with Gasteiger partial charge in [-0.1, -0.05) is 12.1 Å². The lowest BCUT2D eigenvalue weighted by molar-refractivity contribution is -0.117. The molecule has 29 heavy (non-hydrogen) atoms. The molecule has 0 spiro atoms. The van der Waals surface area contributed by atoms with Gasteiger partial charge in [0, 0.05) is 23.9 Å². The normalized spacial score (nSPS) is 12.0. The molecule has 1 heterocycles. The second kappa shape index (κ2) is 9.05. The van der Waals surface area contributed by atoms with E-state index >= 15 is 0 Å². The van der Waals surface area contributed by atoms with Crippen LogP contribution in [0.3, 0.4) is 0 Å². The van der Waals surface area contributed by atoms with E-state index in [-0.39, 0.29) is 11.3 Å². The van der Waals surface area contributed by atoms with Gasteiger partial charge in [-0.05, 0) is 48.9 Å². The minimum atomic E-state index is -0.743. The highest BCUT2D eigenvalue weighted by Gasteiger charge is 2.13. The van der Waals surface area contributed by atoms with Crippen LogP contribution in [0.1, 0.15) is 24.1 Å². The third-order valence-corrected chi connectivity index (χ3v) is 4.03. The summed E-state index contributed by atoms with van der Waals surface area (Å²) in [7, 11) is 0. The van der Waals surface area contributed by atoms with Gasteiger partial charge < -0.3 is 10.1 Å². The van der Waals surface area contributed by atoms with Crippen molar-refractivity contribution in [2.45, 2.75) is 13.0 Å². The summed E-state index contributed by atoms with van der Waals surface area (Å²) in [6.45, 7) is 1.58. The Morgan fingerprint density at radius 1 is 1.10 bits per heavy atom. The molecule has 1 amide bonds. The summed E-state index contributed by atoms with van der Waals surface area (Å²) in [5, 5.41) is 2.57. The van der Waals surface area contributed by atoms with E-state index in [1.165, 1.54) is 36.5 Å². The molecule has 0 saturated heterocycles. The standard InChI is InChI=1S/C22H17F3N2O2/c1-14(18-7-6-16(23)12-19(18)24)27-22(28)9-5-15-4-8-21(20(25)11-15)29-17-3-2-10-26-13-17/h2-14H,1H3,(H,27,28)/b9-5+. The number of halogens is 3. The number of rotatable bonds is 6. The quantitative estimate of drug-likeness (QED) is 0.582. The topological polar surface area (TPSA) is 51.2 Å². The molecule has 2 aromatic carbocycles. The lowest BCUT2D eigenvalue weighted by atomic mass is 10.1. The number of nitrogens with zero attached hydrogens (tertiary/aromatic N) is 1. The van der Waals surface area contributed by atoms with Crippen LogP contribution in [0.4, 0.5) is 13.2 Å². The summed E-state index contributed by atoms with van der Waals surface area (Å²) in [6.07, 6.45) is 5.66. The van der Waals surface area contributed by atoms with Crippen LogP contribution in [0.25, 0.3) is 6.08 Å². The molecule has 1 atom stereocenters. The van der Waals surface area contributed by atoms with Crippen LogP contribution < -0.4 is 10.1 Å². The number of amides is 1. The van der Waals surface area contributed by atoms with Gasteiger partial charge in [0.1, 0.15) is 17.4 Å². The van der Waals surface area contributed by atoms with Gasteiger partial charge in [0.2, 0.25) is 5.91 Å². The van der Waals surface area contributed by atoms with Crippen LogP contribution in [0.15, 0.2) is 67.0 Å². The highest BCUT2D eigenvalue weighted by Crippen LogP contribution is 2.25. The van der Waals surface area contributed by atoms with E-state index in [2.05, 4.69) is 10.3 Å². The van der Waals surface area contributed by atoms with Crippen LogP contribution in [0, 0.1) is 17.5 Å². The van der Waals surface area contributed by atoms with E-state index in [1.54, 1.807) is 31.3 Å². The molecule has 1 aromatic heterocycles. The molecule has 0 radical (unpaired) electrons. The van der Waals surface area contributed by atoms with Crippen molar-refractivity contribution in [1.29, 1.82) is 0 Å². The molecule has 0 aliphatic carbocycles. The molecule has 4 nitrogen and oxygen atoms in total. The Balaban J connectivity index is 1.63. The molecule has 1 unspecified atom stereocenters. The third-order valence-electron chi connectivity index (χ3n) is 4.03. The summed E-state index contributed by atoms with van der Waals surface area (Å²) in [6, 6.07) is 10.0. The van der Waals surface area contributed by atoms with Gasteiger partial charge >= 0.3 is 0 Å². The number of carbonyl (C=O) groups is 1. The van der Waals surface area contributed by atoms with Crippen molar-refractivity contribution >= 4 is 12.0 Å². The zero-order valence-electron chi connectivity index (χ0n) is 15.4. The Morgan fingerprint density at radius 2 is 1.93 bits per heavy atom. The van der Waals surface area contributed by atoms with Crippen molar-refractivity contribution in [3.63, 3.8) is 0 Å². The number of pyridine rings is 1. The smallest absolute Gasteiger partial charge is 0.244 e. The number of nitrogens with one attached hydrogen (secondary N) is 1. The Morgan fingerprint density at radius 3 is 2.62 bits per heavy atom. The SMILES string of the molecule is CC(NC(=O)/C=C/c1ccc(Oc2cccnc2)c(F)c1)c1ccc(F)cc1F. The maximum absolute atomic E-state index is 14.2. The van der Waals surface area contributed by atoms with Gasteiger partial charge in [0.15, 0.2) is 11.6 Å². The number of ether oxygens (including phenoxy) is 1. The molecule has 1 N–H and O–H groups in total. The molecule has 148 valence electrons. The number of benzene rings is 2. The predicted octanol–water partition coefficient (Wildman–Crippen LogP) is 5.18. The van der Waals surface area contributed by atoms with E-state index < -0.39 is 29.4 Å². The Bertz CT molecular complexity index is 1040. The molecular formula is C22H17F3N2O2. The van der Waals surface area contributed by atoms with Crippen molar-refractivity contribution in [3.05, 3.63) is 95.6 Å². The van der Waals surface area contributed by atoms with Crippen molar-refractivity contribution in [3.8, 4) is 11.5 Å². The number of carbonyl (C=O) groups excluding carboxylic acids is 1. The second-order valence-electron chi connectivity index (χ2n) is 6.21. The summed E-state index contributed by atoms with van der Waals surface area (Å²) < 4.78 is 46.4. The van der Waals surface area contributed by atoms with Crippen LogP contribution in [0.2, 0.25) is 0 Å². The molecule has 0 aliphatic heterocycles. The van der Waals surface area contributed by atoms with E-state index in [4.69, 9.17) is 4.74 Å². The van der Waals surface area contributed by atoms with E-state index in [0.29, 0.717) is 11.3 Å². The number of aromatic nitrogens is 1. The fourth-order valence-corrected chi connectivity index (χ4v) is 2.60. The second-order valence-corrected chi connectivity index (χ2v) is 6.21. The summed E-state index contributed by atoms with van der Waals surface area (Å²) in [5.74, 6) is -2.11. The maximum atomic E-state index is 14.2. The predicted molar refractivity (Wildman–Crippen MR) is 103 cm³/mol. The Hall–Kier alpha value is -3.61. The molecule has 7 heteroatoms. The summed E-state index contributed by atoms with van der Waals surface area (Å²) in [5.41, 5.74) is 0.605. The van der Waals surface area contributed by atoms with Crippen LogP contribution in [0.5, 0.6) is 11.5 Å². The first-order valence-corrected chi connectivity index (χ1v) is 8.73. The monoisotopic (exact) mass is 398 g/mol. The minimum Gasteiger partial charge on any atom is -0.453 e. The summed E-state index contributed by atoms with van der Waals surface area (Å²) in [4.78, 5) is 15.9. The fraction of sp³-hybridized carbons (Fsp3) is 0.0909. The molecule has 3 aromatic rings. The molecule has 0 bridgehead atoms. The number of hydrogen-bond acceptors (Lipinski definition) is 3. The molecule has 0 fully saturated rings. The molecular weight excluding hydrogens is 381 g/mol. The van der Waals surface area contributed by atoms with Gasteiger partial charge in [-0.2, -0.15) is 0 Å². The molecule has 3 rings (SSSR count). The van der Waals surface area contributed by atoms with Crippen molar-refractivity contribution in [2.75, 3.05) is 0 Å². The van der Waals surface area contributed by atoms with Gasteiger partial charge in [-0.25, -0.2) is 13.2 Å². The first-order chi connectivity index (χ1) is 13.9.